The van der Waals surface area contributed by atoms with Crippen LogP contribution in [0.4, 0.5) is 4.39 Å². The first-order chi connectivity index (χ1) is 16.0. The molecule has 4 rings (SSSR count). The van der Waals surface area contributed by atoms with E-state index in [0.29, 0.717) is 11.5 Å². The fourth-order valence-corrected chi connectivity index (χ4v) is 4.74. The molecular formula is C24H26FN3O5S. The van der Waals surface area contributed by atoms with Gasteiger partial charge < -0.3 is 9.63 Å². The molecule has 8 nitrogen and oxygen atoms in total. The first-order valence-electron chi connectivity index (χ1n) is 11.0. The normalized spacial score (nSPS) is 15.9. The minimum absolute atomic E-state index is 0.0399. The van der Waals surface area contributed by atoms with Gasteiger partial charge in [-0.05, 0) is 60.6 Å². The van der Waals surface area contributed by atoms with Gasteiger partial charge in [-0.1, -0.05) is 44.1 Å². The summed E-state index contributed by atoms with van der Waals surface area (Å²) in [5.41, 5.74) is 1.25. The minimum atomic E-state index is -4.09. The molecule has 2 aromatic carbocycles. The Labute approximate surface area is 197 Å². The Morgan fingerprint density at radius 1 is 1.21 bits per heavy atom. The van der Waals surface area contributed by atoms with Crippen molar-refractivity contribution < 1.29 is 27.2 Å². The molecule has 1 unspecified atom stereocenters. The van der Waals surface area contributed by atoms with Crippen molar-refractivity contribution in [2.75, 3.05) is 0 Å². The zero-order chi connectivity index (χ0) is 24.7. The number of sulfonamides is 1. The van der Waals surface area contributed by atoms with Gasteiger partial charge in [0.05, 0.1) is 10.5 Å². The van der Waals surface area contributed by atoms with E-state index in [-0.39, 0.29) is 34.0 Å². The summed E-state index contributed by atoms with van der Waals surface area (Å²) in [6.07, 6.45) is 1.63. The molecule has 1 saturated carbocycles. The molecule has 0 spiro atoms. The van der Waals surface area contributed by atoms with Gasteiger partial charge in [0.25, 0.3) is 0 Å². The molecule has 0 amide bonds. The summed E-state index contributed by atoms with van der Waals surface area (Å²) in [6, 6.07) is 8.89. The van der Waals surface area contributed by atoms with E-state index in [1.54, 1.807) is 12.1 Å². The molecule has 1 atom stereocenters. The molecule has 0 bridgehead atoms. The molecule has 1 heterocycles. The van der Waals surface area contributed by atoms with Crippen LogP contribution in [0.3, 0.4) is 0 Å². The molecule has 2 N–H and O–H groups in total. The molecule has 10 heteroatoms. The van der Waals surface area contributed by atoms with Gasteiger partial charge in [0.2, 0.25) is 21.7 Å². The molecule has 34 heavy (non-hydrogen) atoms. The Kier molecular flexibility index (Phi) is 6.30. The summed E-state index contributed by atoms with van der Waals surface area (Å²) in [6.45, 7) is 5.96. The van der Waals surface area contributed by atoms with Crippen LogP contribution in [0, 0.1) is 5.82 Å². The predicted molar refractivity (Wildman–Crippen MR) is 122 cm³/mol. The number of rotatable bonds is 9. The standard InChI is InChI=1S/C24H26FN3O5S/c1-14(2)16-5-7-17(8-6-16)34(31,32)28-20(22(29)30)13-15-4-9-18(19(25)12-15)21-26-23(33-27-21)24(3)10-11-24/h4-9,12,14,20,28H,10-11,13H2,1-3H3,(H,29,30). The van der Waals surface area contributed by atoms with E-state index in [2.05, 4.69) is 14.9 Å². The largest absolute Gasteiger partial charge is 0.480 e. The van der Waals surface area contributed by atoms with Gasteiger partial charge in [-0.2, -0.15) is 9.71 Å². The zero-order valence-electron chi connectivity index (χ0n) is 19.1. The second kappa shape index (κ2) is 8.92. The second-order valence-corrected chi connectivity index (χ2v) is 11.0. The number of halogens is 1. The Morgan fingerprint density at radius 3 is 2.44 bits per heavy atom. The average Bonchev–Trinajstić information content (AvgIpc) is 3.33. The number of carboxylic acid groups (broad SMARTS) is 1. The minimum Gasteiger partial charge on any atom is -0.480 e. The Hall–Kier alpha value is -3.11. The number of carbonyl (C=O) groups is 1. The smallest absolute Gasteiger partial charge is 0.322 e. The number of nitrogens with one attached hydrogen (secondary N) is 1. The Bertz CT molecular complexity index is 1310. The molecule has 1 aromatic heterocycles. The van der Waals surface area contributed by atoms with Gasteiger partial charge in [0.15, 0.2) is 0 Å². The third-order valence-electron chi connectivity index (χ3n) is 6.11. The fraction of sp³-hybridized carbons (Fsp3) is 0.375. The number of hydrogen-bond donors (Lipinski definition) is 2. The van der Waals surface area contributed by atoms with Crippen molar-refractivity contribution in [3.63, 3.8) is 0 Å². The van der Waals surface area contributed by atoms with Crippen LogP contribution in [-0.2, 0) is 26.7 Å². The highest BCUT2D eigenvalue weighted by atomic mass is 32.2. The second-order valence-electron chi connectivity index (χ2n) is 9.24. The first kappa shape index (κ1) is 24.0. The summed E-state index contributed by atoms with van der Waals surface area (Å²) in [7, 11) is -4.09. The van der Waals surface area contributed by atoms with E-state index >= 15 is 0 Å². The van der Waals surface area contributed by atoms with E-state index in [4.69, 9.17) is 4.52 Å². The van der Waals surface area contributed by atoms with E-state index in [1.807, 2.05) is 20.8 Å². The lowest BCUT2D eigenvalue weighted by molar-refractivity contribution is -0.138. The van der Waals surface area contributed by atoms with Gasteiger partial charge >= 0.3 is 5.97 Å². The molecule has 3 aromatic rings. The van der Waals surface area contributed by atoms with Crippen molar-refractivity contribution >= 4 is 16.0 Å². The summed E-state index contributed by atoms with van der Waals surface area (Å²) >= 11 is 0. The van der Waals surface area contributed by atoms with Gasteiger partial charge in [-0.25, -0.2) is 12.8 Å². The topological polar surface area (TPSA) is 122 Å². The Morgan fingerprint density at radius 2 is 1.88 bits per heavy atom. The third kappa shape index (κ3) is 5.02. The number of benzene rings is 2. The lowest BCUT2D eigenvalue weighted by Gasteiger charge is -2.16. The van der Waals surface area contributed by atoms with Crippen LogP contribution in [0.2, 0.25) is 0 Å². The fourth-order valence-electron chi connectivity index (χ4n) is 3.55. The quantitative estimate of drug-likeness (QED) is 0.467. The van der Waals surface area contributed by atoms with Crippen molar-refractivity contribution in [1.82, 2.24) is 14.9 Å². The van der Waals surface area contributed by atoms with Crippen molar-refractivity contribution in [3.05, 3.63) is 65.3 Å². The number of aliphatic carboxylic acids is 1. The average molecular weight is 488 g/mol. The van der Waals surface area contributed by atoms with Crippen LogP contribution in [-0.4, -0.2) is 35.7 Å². The summed E-state index contributed by atoms with van der Waals surface area (Å²) in [4.78, 5) is 16.0. The van der Waals surface area contributed by atoms with Crippen molar-refractivity contribution in [2.24, 2.45) is 0 Å². The number of nitrogens with zero attached hydrogens (tertiary/aromatic N) is 2. The first-order valence-corrected chi connectivity index (χ1v) is 12.4. The lowest BCUT2D eigenvalue weighted by Crippen LogP contribution is -2.42. The van der Waals surface area contributed by atoms with E-state index in [0.717, 1.165) is 24.5 Å². The van der Waals surface area contributed by atoms with Gasteiger partial charge in [0, 0.05) is 5.41 Å². The maximum Gasteiger partial charge on any atom is 0.322 e. The highest BCUT2D eigenvalue weighted by molar-refractivity contribution is 7.89. The predicted octanol–water partition coefficient (Wildman–Crippen LogP) is 4.02. The maximum absolute atomic E-state index is 14.8. The lowest BCUT2D eigenvalue weighted by atomic mass is 10.0. The van der Waals surface area contributed by atoms with Gasteiger partial charge in [0.1, 0.15) is 11.9 Å². The maximum atomic E-state index is 14.8. The molecular weight excluding hydrogens is 461 g/mol. The molecule has 180 valence electrons. The third-order valence-corrected chi connectivity index (χ3v) is 7.60. The highest BCUT2D eigenvalue weighted by Crippen LogP contribution is 2.47. The SMILES string of the molecule is CC(C)c1ccc(S(=O)(=O)NC(Cc2ccc(-c3noc(C4(C)CC4)n3)c(F)c2)C(=O)O)cc1. The molecule has 0 aliphatic heterocycles. The zero-order valence-corrected chi connectivity index (χ0v) is 19.9. The molecule has 0 radical (unpaired) electrons. The van der Waals surface area contributed by atoms with E-state index < -0.39 is 27.9 Å². The van der Waals surface area contributed by atoms with E-state index in [9.17, 15) is 22.7 Å². The Balaban J connectivity index is 1.50. The van der Waals surface area contributed by atoms with Crippen molar-refractivity contribution in [3.8, 4) is 11.4 Å². The molecule has 1 fully saturated rings. The molecule has 1 aliphatic carbocycles. The van der Waals surface area contributed by atoms with E-state index in [1.165, 1.54) is 24.3 Å². The highest BCUT2D eigenvalue weighted by Gasteiger charge is 2.44. The number of aromatic nitrogens is 2. The monoisotopic (exact) mass is 487 g/mol. The van der Waals surface area contributed by atoms with Crippen LogP contribution >= 0.6 is 0 Å². The van der Waals surface area contributed by atoms with Crippen LogP contribution in [0.25, 0.3) is 11.4 Å². The summed E-state index contributed by atoms with van der Waals surface area (Å²) in [5, 5.41) is 13.5. The van der Waals surface area contributed by atoms with Crippen LogP contribution < -0.4 is 4.72 Å². The van der Waals surface area contributed by atoms with Crippen LogP contribution in [0.5, 0.6) is 0 Å². The number of hydrogen-bond acceptors (Lipinski definition) is 6. The van der Waals surface area contributed by atoms with Crippen molar-refractivity contribution in [1.29, 1.82) is 0 Å². The van der Waals surface area contributed by atoms with Gasteiger partial charge in [-0.15, -0.1) is 0 Å². The molecule has 0 saturated heterocycles. The summed E-state index contributed by atoms with van der Waals surface area (Å²) in [5.74, 6) is -1.21. The summed E-state index contributed by atoms with van der Waals surface area (Å²) < 4.78 is 47.8. The molecule has 1 aliphatic rings. The van der Waals surface area contributed by atoms with Crippen LogP contribution in [0.15, 0.2) is 51.9 Å². The van der Waals surface area contributed by atoms with Gasteiger partial charge in [-0.3, -0.25) is 4.79 Å². The van der Waals surface area contributed by atoms with Crippen LogP contribution in [0.1, 0.15) is 56.5 Å². The van der Waals surface area contributed by atoms with Crippen molar-refractivity contribution in [2.45, 2.75) is 62.3 Å². The number of carboxylic acids is 1.